The third-order valence-electron chi connectivity index (χ3n) is 3.41. The fourth-order valence-electron chi connectivity index (χ4n) is 2.34. The molecule has 0 unspecified atom stereocenters. The second-order valence-corrected chi connectivity index (χ2v) is 5.22. The van der Waals surface area contributed by atoms with E-state index < -0.39 is 0 Å². The zero-order valence-corrected chi connectivity index (χ0v) is 13.5. The number of para-hydroxylation sites is 1. The van der Waals surface area contributed by atoms with E-state index in [4.69, 9.17) is 11.2 Å². The first-order chi connectivity index (χ1) is 11.8. The highest BCUT2D eigenvalue weighted by Gasteiger charge is 2.14. The van der Waals surface area contributed by atoms with Crippen molar-refractivity contribution in [3.63, 3.8) is 0 Å². The van der Waals surface area contributed by atoms with Gasteiger partial charge in [-0.25, -0.2) is 4.98 Å². The van der Waals surface area contributed by atoms with Gasteiger partial charge in [0.05, 0.1) is 6.61 Å². The topological polar surface area (TPSA) is 75.7 Å². The Kier molecular flexibility index (Phi) is 4.92. The van der Waals surface area contributed by atoms with Crippen molar-refractivity contribution in [1.29, 1.82) is 0 Å². The predicted octanol–water partition coefficient (Wildman–Crippen LogP) is 3.45. The Morgan fingerprint density at radius 2 is 2.04 bits per heavy atom. The van der Waals surface area contributed by atoms with Crippen LogP contribution in [-0.4, -0.2) is 26.5 Å². The van der Waals surface area contributed by atoms with Gasteiger partial charge in [0.2, 0.25) is 11.8 Å². The number of nitrogens with one attached hydrogen (secondary N) is 2. The highest BCUT2D eigenvalue weighted by Crippen LogP contribution is 2.24. The van der Waals surface area contributed by atoms with Crippen LogP contribution in [0.25, 0.3) is 11.2 Å². The van der Waals surface area contributed by atoms with Crippen LogP contribution in [0.15, 0.2) is 30.3 Å². The van der Waals surface area contributed by atoms with E-state index >= 15 is 0 Å². The first kappa shape index (κ1) is 15.8. The summed E-state index contributed by atoms with van der Waals surface area (Å²) >= 11 is 0. The van der Waals surface area contributed by atoms with Gasteiger partial charge in [0.1, 0.15) is 11.3 Å². The number of benzene rings is 1. The molecule has 2 N–H and O–H groups in total. The summed E-state index contributed by atoms with van der Waals surface area (Å²) in [4.78, 5) is 16.7. The summed E-state index contributed by atoms with van der Waals surface area (Å²) in [6.07, 6.45) is 7.67. The van der Waals surface area contributed by atoms with Gasteiger partial charge in [-0.2, -0.15) is 9.97 Å². The summed E-state index contributed by atoms with van der Waals surface area (Å²) in [5.41, 5.74) is 2.21. The molecule has 0 aliphatic heterocycles. The van der Waals surface area contributed by atoms with Crippen LogP contribution in [0, 0.1) is 12.3 Å². The number of rotatable bonds is 7. The minimum atomic E-state index is 0.457. The van der Waals surface area contributed by atoms with Gasteiger partial charge in [0, 0.05) is 18.5 Å². The van der Waals surface area contributed by atoms with Crippen molar-refractivity contribution in [2.75, 3.05) is 11.9 Å². The lowest BCUT2D eigenvalue weighted by Crippen LogP contribution is -2.02. The molecule has 3 rings (SSSR count). The summed E-state index contributed by atoms with van der Waals surface area (Å²) in [6, 6.07) is 9.75. The van der Waals surface area contributed by atoms with Gasteiger partial charge in [0.15, 0.2) is 5.65 Å². The summed E-state index contributed by atoms with van der Waals surface area (Å²) < 4.78 is 5.64. The fourth-order valence-corrected chi connectivity index (χ4v) is 2.34. The molecule has 0 radical (unpaired) electrons. The minimum Gasteiger partial charge on any atom is -0.476 e. The molecule has 0 fully saturated rings. The van der Waals surface area contributed by atoms with Crippen molar-refractivity contribution < 1.29 is 4.74 Å². The predicted molar refractivity (Wildman–Crippen MR) is 94.3 cm³/mol. The SMILES string of the molecule is C#CCCCc1nc2nc(Nc3ccccc3)nc(OCC)c2[nH]1. The van der Waals surface area contributed by atoms with Gasteiger partial charge in [-0.05, 0) is 25.5 Å². The highest BCUT2D eigenvalue weighted by molar-refractivity contribution is 5.78. The lowest BCUT2D eigenvalue weighted by Gasteiger charge is -2.07. The summed E-state index contributed by atoms with van der Waals surface area (Å²) in [7, 11) is 0. The van der Waals surface area contributed by atoms with E-state index in [9.17, 15) is 0 Å². The van der Waals surface area contributed by atoms with E-state index in [2.05, 4.69) is 31.2 Å². The summed E-state index contributed by atoms with van der Waals surface area (Å²) in [5, 5.41) is 3.17. The molecule has 0 saturated heterocycles. The van der Waals surface area contributed by atoms with Crippen LogP contribution in [0.2, 0.25) is 0 Å². The Bertz CT molecular complexity index is 851. The van der Waals surface area contributed by atoms with Gasteiger partial charge >= 0.3 is 0 Å². The minimum absolute atomic E-state index is 0.457. The Morgan fingerprint density at radius 1 is 1.21 bits per heavy atom. The fraction of sp³-hybridized carbons (Fsp3) is 0.278. The number of aromatic nitrogens is 4. The van der Waals surface area contributed by atoms with Gasteiger partial charge in [-0.3, -0.25) is 0 Å². The van der Waals surface area contributed by atoms with E-state index in [1.165, 1.54) is 0 Å². The first-order valence-corrected chi connectivity index (χ1v) is 7.95. The third-order valence-corrected chi connectivity index (χ3v) is 3.41. The number of H-pyrrole nitrogens is 1. The molecule has 0 aliphatic carbocycles. The molecule has 24 heavy (non-hydrogen) atoms. The molecule has 1 aromatic carbocycles. The number of nitrogens with zero attached hydrogens (tertiary/aromatic N) is 3. The molecule has 2 aromatic heterocycles. The van der Waals surface area contributed by atoms with E-state index in [0.717, 1.165) is 30.8 Å². The normalized spacial score (nSPS) is 10.5. The number of anilines is 2. The Morgan fingerprint density at radius 3 is 2.79 bits per heavy atom. The number of fused-ring (bicyclic) bond motifs is 1. The number of aryl methyl sites for hydroxylation is 1. The Labute approximate surface area is 140 Å². The molecular formula is C18H19N5O. The maximum Gasteiger partial charge on any atom is 0.245 e. The van der Waals surface area contributed by atoms with Gasteiger partial charge in [-0.15, -0.1) is 12.3 Å². The number of aromatic amines is 1. The lowest BCUT2D eigenvalue weighted by atomic mass is 10.2. The molecule has 0 aliphatic rings. The number of imidazole rings is 1. The molecular weight excluding hydrogens is 302 g/mol. The molecule has 0 amide bonds. The van der Waals surface area contributed by atoms with E-state index in [1.807, 2.05) is 37.3 Å². The lowest BCUT2D eigenvalue weighted by molar-refractivity contribution is 0.330. The summed E-state index contributed by atoms with van der Waals surface area (Å²) in [6.45, 7) is 2.44. The second kappa shape index (κ2) is 7.47. The smallest absolute Gasteiger partial charge is 0.245 e. The molecule has 122 valence electrons. The molecule has 6 heteroatoms. The Balaban J connectivity index is 1.92. The van der Waals surface area contributed by atoms with E-state index in [1.54, 1.807) is 0 Å². The maximum atomic E-state index is 5.64. The monoisotopic (exact) mass is 321 g/mol. The van der Waals surface area contributed by atoms with Gasteiger partial charge in [0.25, 0.3) is 0 Å². The van der Waals surface area contributed by atoms with Crippen LogP contribution in [-0.2, 0) is 6.42 Å². The standard InChI is InChI=1S/C18H19N5O/c1-3-5-7-12-14-20-15-16(21-14)22-18(23-17(15)24-4-2)19-13-10-8-6-9-11-13/h1,6,8-11H,4-5,7,12H2,2H3,(H2,19,20,21,22,23). The third kappa shape index (κ3) is 3.63. The summed E-state index contributed by atoms with van der Waals surface area (Å²) in [5.74, 6) is 4.43. The highest BCUT2D eigenvalue weighted by atomic mass is 16.5. The average Bonchev–Trinajstić information content (AvgIpc) is 2.99. The molecule has 6 nitrogen and oxygen atoms in total. The van der Waals surface area contributed by atoms with Crippen LogP contribution in [0.5, 0.6) is 5.88 Å². The van der Waals surface area contributed by atoms with Crippen LogP contribution in [0.3, 0.4) is 0 Å². The molecule has 0 atom stereocenters. The Hall–Kier alpha value is -3.07. The van der Waals surface area contributed by atoms with Gasteiger partial charge in [-0.1, -0.05) is 18.2 Å². The number of hydrogen-bond donors (Lipinski definition) is 2. The zero-order chi connectivity index (χ0) is 16.8. The second-order valence-electron chi connectivity index (χ2n) is 5.22. The van der Waals surface area contributed by atoms with Crippen LogP contribution < -0.4 is 10.1 Å². The molecule has 0 saturated carbocycles. The number of ether oxygens (including phenoxy) is 1. The van der Waals surface area contributed by atoms with Crippen molar-refractivity contribution in [3.8, 4) is 18.2 Å². The van der Waals surface area contributed by atoms with Gasteiger partial charge < -0.3 is 15.0 Å². The van der Waals surface area contributed by atoms with Crippen LogP contribution in [0.4, 0.5) is 11.6 Å². The largest absolute Gasteiger partial charge is 0.476 e. The van der Waals surface area contributed by atoms with Crippen LogP contribution >= 0.6 is 0 Å². The zero-order valence-electron chi connectivity index (χ0n) is 13.5. The quantitative estimate of drug-likeness (QED) is 0.515. The first-order valence-electron chi connectivity index (χ1n) is 7.95. The average molecular weight is 321 g/mol. The van der Waals surface area contributed by atoms with Crippen LogP contribution in [0.1, 0.15) is 25.6 Å². The molecule has 2 heterocycles. The number of terminal acetylenes is 1. The maximum absolute atomic E-state index is 5.64. The van der Waals surface area contributed by atoms with E-state index in [0.29, 0.717) is 29.6 Å². The van der Waals surface area contributed by atoms with Crippen molar-refractivity contribution in [1.82, 2.24) is 19.9 Å². The van der Waals surface area contributed by atoms with Crippen molar-refractivity contribution >= 4 is 22.8 Å². The van der Waals surface area contributed by atoms with Crippen molar-refractivity contribution in [3.05, 3.63) is 36.2 Å². The number of unbranched alkanes of at least 4 members (excludes halogenated alkanes) is 1. The molecule has 0 bridgehead atoms. The van der Waals surface area contributed by atoms with Crippen molar-refractivity contribution in [2.24, 2.45) is 0 Å². The molecule has 0 spiro atoms. The van der Waals surface area contributed by atoms with E-state index in [-0.39, 0.29) is 0 Å². The molecule has 3 aromatic rings. The number of hydrogen-bond acceptors (Lipinski definition) is 5. The van der Waals surface area contributed by atoms with Crippen molar-refractivity contribution in [2.45, 2.75) is 26.2 Å².